The van der Waals surface area contributed by atoms with Crippen molar-refractivity contribution in [1.29, 1.82) is 0 Å². The van der Waals surface area contributed by atoms with Crippen LogP contribution in [0.25, 0.3) is 6.08 Å². The van der Waals surface area contributed by atoms with Gasteiger partial charge in [0.1, 0.15) is 0 Å². The Kier molecular flexibility index (Phi) is 4.70. The van der Waals surface area contributed by atoms with Gasteiger partial charge in [0.05, 0.1) is 4.88 Å². The Balaban J connectivity index is 1.93. The molecule has 2 heterocycles. The number of amides is 1. The molecule has 5 nitrogen and oxygen atoms in total. The third-order valence-electron chi connectivity index (χ3n) is 2.80. The highest BCUT2D eigenvalue weighted by Gasteiger charge is 2.17. The number of rotatable bonds is 4. The first-order chi connectivity index (χ1) is 9.15. The van der Waals surface area contributed by atoms with Gasteiger partial charge in [0.15, 0.2) is 0 Å². The molecule has 1 aliphatic rings. The molecule has 0 unspecified atom stereocenters. The Morgan fingerprint density at radius 2 is 2.11 bits per heavy atom. The van der Waals surface area contributed by atoms with E-state index < -0.39 is 5.97 Å². The lowest BCUT2D eigenvalue weighted by Gasteiger charge is -2.22. The molecule has 0 aliphatic carbocycles. The molecule has 0 spiro atoms. The zero-order chi connectivity index (χ0) is 13.7. The lowest BCUT2D eigenvalue weighted by molar-refractivity contribution is -0.131. The molecular formula is C13H15NO4S. The van der Waals surface area contributed by atoms with Crippen molar-refractivity contribution in [2.45, 2.75) is 18.9 Å². The first kappa shape index (κ1) is 13.8. The average molecular weight is 281 g/mol. The highest BCUT2D eigenvalue weighted by molar-refractivity contribution is 7.14. The van der Waals surface area contributed by atoms with E-state index in [1.807, 2.05) is 0 Å². The summed E-state index contributed by atoms with van der Waals surface area (Å²) >= 11 is 1.28. The van der Waals surface area contributed by atoms with Crippen LogP contribution in [0.4, 0.5) is 0 Å². The first-order valence-electron chi connectivity index (χ1n) is 6.04. The molecule has 19 heavy (non-hydrogen) atoms. The molecular weight excluding hydrogens is 266 g/mol. The quantitative estimate of drug-likeness (QED) is 0.824. The van der Waals surface area contributed by atoms with E-state index in [0.29, 0.717) is 18.1 Å². The molecule has 6 heteroatoms. The van der Waals surface area contributed by atoms with Crippen molar-refractivity contribution >= 4 is 29.3 Å². The molecule has 0 atom stereocenters. The first-order valence-corrected chi connectivity index (χ1v) is 6.86. The SMILES string of the molecule is O=C(O)C=Cc1ccc(C(=O)NC2CCOCC2)s1. The zero-order valence-corrected chi connectivity index (χ0v) is 11.1. The van der Waals surface area contributed by atoms with Gasteiger partial charge in [0.25, 0.3) is 5.91 Å². The Hall–Kier alpha value is -1.66. The number of carboxylic acids is 1. The number of nitrogens with one attached hydrogen (secondary N) is 1. The van der Waals surface area contributed by atoms with Crippen molar-refractivity contribution in [2.75, 3.05) is 13.2 Å². The van der Waals surface area contributed by atoms with Crippen molar-refractivity contribution in [1.82, 2.24) is 5.32 Å². The Morgan fingerprint density at radius 3 is 2.79 bits per heavy atom. The number of hydrogen-bond donors (Lipinski definition) is 2. The molecule has 2 rings (SSSR count). The molecule has 2 N–H and O–H groups in total. The molecule has 0 radical (unpaired) electrons. The number of hydrogen-bond acceptors (Lipinski definition) is 4. The fourth-order valence-electron chi connectivity index (χ4n) is 1.82. The van der Waals surface area contributed by atoms with Crippen LogP contribution in [0.1, 0.15) is 27.4 Å². The third-order valence-corrected chi connectivity index (χ3v) is 3.85. The fraction of sp³-hybridized carbons (Fsp3) is 0.385. The maximum Gasteiger partial charge on any atom is 0.328 e. The van der Waals surface area contributed by atoms with E-state index in [1.165, 1.54) is 17.4 Å². The van der Waals surface area contributed by atoms with E-state index >= 15 is 0 Å². The molecule has 1 fully saturated rings. The summed E-state index contributed by atoms with van der Waals surface area (Å²) in [6.45, 7) is 1.37. The Bertz CT molecular complexity index is 489. The summed E-state index contributed by atoms with van der Waals surface area (Å²) in [7, 11) is 0. The minimum atomic E-state index is -0.999. The van der Waals surface area contributed by atoms with Crippen LogP contribution in [-0.2, 0) is 9.53 Å². The molecule has 1 amide bonds. The molecule has 1 aromatic heterocycles. The molecule has 0 aromatic carbocycles. The van der Waals surface area contributed by atoms with Gasteiger partial charge in [-0.25, -0.2) is 4.79 Å². The summed E-state index contributed by atoms with van der Waals surface area (Å²) in [5.74, 6) is -1.10. The van der Waals surface area contributed by atoms with Crippen LogP contribution in [0, 0.1) is 0 Å². The molecule has 1 aromatic rings. The van der Waals surface area contributed by atoms with Gasteiger partial charge in [-0.15, -0.1) is 11.3 Å². The predicted molar refractivity (Wildman–Crippen MR) is 72.3 cm³/mol. The number of aliphatic carboxylic acids is 1. The lowest BCUT2D eigenvalue weighted by Crippen LogP contribution is -2.38. The highest BCUT2D eigenvalue weighted by Crippen LogP contribution is 2.18. The molecule has 1 aliphatic heterocycles. The monoisotopic (exact) mass is 281 g/mol. The van der Waals surface area contributed by atoms with Crippen molar-refractivity contribution in [2.24, 2.45) is 0 Å². The number of carboxylic acid groups (broad SMARTS) is 1. The van der Waals surface area contributed by atoms with Gasteiger partial charge in [-0.1, -0.05) is 0 Å². The molecule has 0 saturated carbocycles. The second-order valence-electron chi connectivity index (χ2n) is 4.23. The summed E-state index contributed by atoms with van der Waals surface area (Å²) in [4.78, 5) is 23.7. The number of carbonyl (C=O) groups excluding carboxylic acids is 1. The zero-order valence-electron chi connectivity index (χ0n) is 10.3. The van der Waals surface area contributed by atoms with Gasteiger partial charge in [0, 0.05) is 30.2 Å². The van der Waals surface area contributed by atoms with Crippen LogP contribution < -0.4 is 5.32 Å². The van der Waals surface area contributed by atoms with Crippen LogP contribution in [-0.4, -0.2) is 36.2 Å². The normalized spacial score (nSPS) is 16.6. The van der Waals surface area contributed by atoms with Crippen molar-refractivity contribution in [3.05, 3.63) is 28.0 Å². The minimum Gasteiger partial charge on any atom is -0.478 e. The van der Waals surface area contributed by atoms with Crippen LogP contribution in [0.2, 0.25) is 0 Å². The summed E-state index contributed by atoms with van der Waals surface area (Å²) in [6.07, 6.45) is 4.22. The summed E-state index contributed by atoms with van der Waals surface area (Å²) in [6, 6.07) is 3.62. The molecule has 102 valence electrons. The van der Waals surface area contributed by atoms with Gasteiger partial charge in [-0.3, -0.25) is 4.79 Å². The number of thiophene rings is 1. The largest absolute Gasteiger partial charge is 0.478 e. The van der Waals surface area contributed by atoms with E-state index in [-0.39, 0.29) is 11.9 Å². The minimum absolute atomic E-state index is 0.105. The van der Waals surface area contributed by atoms with E-state index in [0.717, 1.165) is 23.8 Å². The summed E-state index contributed by atoms with van der Waals surface area (Å²) < 4.78 is 5.23. The van der Waals surface area contributed by atoms with Gasteiger partial charge >= 0.3 is 5.97 Å². The molecule has 0 bridgehead atoms. The average Bonchev–Trinajstić information content (AvgIpc) is 2.86. The second kappa shape index (κ2) is 6.49. The van der Waals surface area contributed by atoms with Crippen LogP contribution >= 0.6 is 11.3 Å². The maximum absolute atomic E-state index is 12.0. The maximum atomic E-state index is 12.0. The van der Waals surface area contributed by atoms with Crippen LogP contribution in [0.5, 0.6) is 0 Å². The van der Waals surface area contributed by atoms with E-state index in [9.17, 15) is 9.59 Å². The van der Waals surface area contributed by atoms with Crippen molar-refractivity contribution < 1.29 is 19.4 Å². The number of carbonyl (C=O) groups is 2. The number of ether oxygens (including phenoxy) is 1. The molecule has 1 saturated heterocycles. The Morgan fingerprint density at radius 1 is 1.37 bits per heavy atom. The van der Waals surface area contributed by atoms with Gasteiger partial charge in [-0.05, 0) is 31.1 Å². The van der Waals surface area contributed by atoms with Gasteiger partial charge < -0.3 is 15.2 Å². The van der Waals surface area contributed by atoms with E-state index in [1.54, 1.807) is 12.1 Å². The van der Waals surface area contributed by atoms with Gasteiger partial charge in [-0.2, -0.15) is 0 Å². The Labute approximate surface area is 114 Å². The lowest BCUT2D eigenvalue weighted by atomic mass is 10.1. The standard InChI is InChI=1S/C13H15NO4S/c15-12(16)4-2-10-1-3-11(19-10)13(17)14-9-5-7-18-8-6-9/h1-4,9H,5-8H2,(H,14,17)(H,15,16). The van der Waals surface area contributed by atoms with Gasteiger partial charge in [0.2, 0.25) is 0 Å². The van der Waals surface area contributed by atoms with Crippen LogP contribution in [0.15, 0.2) is 18.2 Å². The second-order valence-corrected chi connectivity index (χ2v) is 5.35. The topological polar surface area (TPSA) is 75.6 Å². The fourth-order valence-corrected chi connectivity index (χ4v) is 2.63. The smallest absolute Gasteiger partial charge is 0.328 e. The van der Waals surface area contributed by atoms with Crippen molar-refractivity contribution in [3.8, 4) is 0 Å². The third kappa shape index (κ3) is 4.18. The highest BCUT2D eigenvalue weighted by atomic mass is 32.1. The van der Waals surface area contributed by atoms with E-state index in [2.05, 4.69) is 5.32 Å². The van der Waals surface area contributed by atoms with Crippen molar-refractivity contribution in [3.63, 3.8) is 0 Å². The summed E-state index contributed by atoms with van der Waals surface area (Å²) in [5.41, 5.74) is 0. The summed E-state index contributed by atoms with van der Waals surface area (Å²) in [5, 5.41) is 11.5. The van der Waals surface area contributed by atoms with Crippen LogP contribution in [0.3, 0.4) is 0 Å². The van der Waals surface area contributed by atoms with E-state index in [4.69, 9.17) is 9.84 Å². The predicted octanol–water partition coefficient (Wildman–Crippen LogP) is 1.75.